The highest BCUT2D eigenvalue weighted by molar-refractivity contribution is 7.91. The quantitative estimate of drug-likeness (QED) is 0.290. The molecule has 1 aromatic heterocycles. The molecule has 0 atom stereocenters. The summed E-state index contributed by atoms with van der Waals surface area (Å²) < 4.78 is 42.9. The summed E-state index contributed by atoms with van der Waals surface area (Å²) in [6.07, 6.45) is 2.40. The lowest BCUT2D eigenvalue weighted by Gasteiger charge is -2.21. The molecule has 0 saturated carbocycles. The average Bonchev–Trinajstić information content (AvgIpc) is 3.11. The number of aromatic nitrogens is 1. The van der Waals surface area contributed by atoms with Crippen LogP contribution in [0.2, 0.25) is 0 Å². The largest absolute Gasteiger partial charge is 0.444 e. The number of sulfone groups is 1. The maximum absolute atomic E-state index is 13.0. The van der Waals surface area contributed by atoms with Crippen LogP contribution in [0.4, 0.5) is 4.39 Å². The Morgan fingerprint density at radius 2 is 1.96 bits per heavy atom. The van der Waals surface area contributed by atoms with Crippen LogP contribution >= 0.6 is 0 Å². The number of nitrogens with zero attached hydrogens (tertiary/aromatic N) is 2. The molecule has 3 N–H and O–H groups in total. The van der Waals surface area contributed by atoms with Crippen LogP contribution in [-0.4, -0.2) is 36.0 Å². The normalized spacial score (nSPS) is 13.1. The third-order valence-electron chi connectivity index (χ3n) is 4.34. The molecule has 1 heterocycles. The molecule has 2 rings (SSSR count). The van der Waals surface area contributed by atoms with Crippen molar-refractivity contribution in [3.8, 4) is 11.5 Å². The fourth-order valence-electron chi connectivity index (χ4n) is 2.47. The highest BCUT2D eigenvalue weighted by atomic mass is 32.2. The van der Waals surface area contributed by atoms with Crippen LogP contribution in [0, 0.1) is 5.82 Å². The van der Waals surface area contributed by atoms with Crippen LogP contribution in [0.5, 0.6) is 0 Å². The van der Waals surface area contributed by atoms with Gasteiger partial charge in [-0.3, -0.25) is 0 Å². The first-order valence-electron chi connectivity index (χ1n) is 8.52. The van der Waals surface area contributed by atoms with E-state index >= 15 is 0 Å². The highest BCUT2D eigenvalue weighted by Crippen LogP contribution is 2.30. The summed E-state index contributed by atoms with van der Waals surface area (Å²) in [5.41, 5.74) is 6.11. The number of hydrogen-bond acceptors (Lipinski definition) is 6. The lowest BCUT2D eigenvalue weighted by molar-refractivity contribution is 0.317. The second kappa shape index (κ2) is 8.51. The summed E-state index contributed by atoms with van der Waals surface area (Å²) in [7, 11) is -3.27. The summed E-state index contributed by atoms with van der Waals surface area (Å²) in [6, 6.07) is 5.80. The Hall–Kier alpha value is -2.42. The second-order valence-corrected chi connectivity index (χ2v) is 9.33. The molecule has 2 aromatic rings. The van der Waals surface area contributed by atoms with Crippen LogP contribution in [0.1, 0.15) is 38.8 Å². The van der Waals surface area contributed by atoms with E-state index in [2.05, 4.69) is 10.1 Å². The van der Waals surface area contributed by atoms with E-state index in [1.807, 2.05) is 13.8 Å². The Labute approximate surface area is 158 Å². The monoisotopic (exact) mass is 397 g/mol. The Balaban J connectivity index is 1.99. The van der Waals surface area contributed by atoms with Crippen molar-refractivity contribution >= 4 is 15.7 Å². The van der Waals surface area contributed by atoms with Crippen molar-refractivity contribution in [3.63, 3.8) is 0 Å². The molecule has 9 heteroatoms. The molecule has 0 radical (unpaired) electrons. The minimum Gasteiger partial charge on any atom is -0.444 e. The van der Waals surface area contributed by atoms with E-state index in [1.165, 1.54) is 18.4 Å². The molecule has 0 bridgehead atoms. The number of benzene rings is 1. The predicted molar refractivity (Wildman–Crippen MR) is 101 cm³/mol. The van der Waals surface area contributed by atoms with Crippen molar-refractivity contribution in [1.82, 2.24) is 4.98 Å². The molecule has 0 aliphatic carbocycles. The Kier molecular flexibility index (Phi) is 6.59. The second-order valence-electron chi connectivity index (χ2n) is 7.03. The van der Waals surface area contributed by atoms with Crippen molar-refractivity contribution in [2.75, 3.05) is 11.5 Å². The van der Waals surface area contributed by atoms with Gasteiger partial charge in [0.2, 0.25) is 5.89 Å². The van der Waals surface area contributed by atoms with Gasteiger partial charge in [0.05, 0.1) is 17.2 Å². The van der Waals surface area contributed by atoms with Gasteiger partial charge in [-0.15, -0.1) is 0 Å². The average molecular weight is 397 g/mol. The molecule has 0 unspecified atom stereocenters. The van der Waals surface area contributed by atoms with Gasteiger partial charge in [-0.25, -0.2) is 17.8 Å². The first kappa shape index (κ1) is 20.9. The summed E-state index contributed by atoms with van der Waals surface area (Å²) in [6.45, 7) is 3.79. The molecule has 0 fully saturated rings. The maximum atomic E-state index is 13.0. The van der Waals surface area contributed by atoms with Crippen molar-refractivity contribution in [1.29, 1.82) is 0 Å². The molecule has 0 aliphatic rings. The lowest BCUT2D eigenvalue weighted by atomic mass is 9.87. The van der Waals surface area contributed by atoms with E-state index in [0.717, 1.165) is 0 Å². The Morgan fingerprint density at radius 1 is 1.30 bits per heavy atom. The van der Waals surface area contributed by atoms with Crippen molar-refractivity contribution in [2.24, 2.45) is 10.9 Å². The van der Waals surface area contributed by atoms with Gasteiger partial charge in [-0.1, -0.05) is 19.0 Å². The molecule has 7 nitrogen and oxygen atoms in total. The van der Waals surface area contributed by atoms with E-state index in [4.69, 9.17) is 15.4 Å². The number of oxime groups is 1. The van der Waals surface area contributed by atoms with Crippen LogP contribution in [0.25, 0.3) is 11.5 Å². The summed E-state index contributed by atoms with van der Waals surface area (Å²) >= 11 is 0. The van der Waals surface area contributed by atoms with Crippen molar-refractivity contribution < 1.29 is 22.4 Å². The minimum absolute atomic E-state index is 0.00505. The van der Waals surface area contributed by atoms with Crippen LogP contribution in [-0.2, 0) is 15.3 Å². The predicted octanol–water partition coefficient (Wildman–Crippen LogP) is 3.09. The molecule has 0 amide bonds. The van der Waals surface area contributed by atoms with Gasteiger partial charge in [-0.05, 0) is 37.1 Å². The fourth-order valence-corrected chi connectivity index (χ4v) is 4.08. The van der Waals surface area contributed by atoms with Crippen LogP contribution in [0.15, 0.2) is 40.1 Å². The van der Waals surface area contributed by atoms with Gasteiger partial charge >= 0.3 is 0 Å². The van der Waals surface area contributed by atoms with Crippen LogP contribution < -0.4 is 5.73 Å². The van der Waals surface area contributed by atoms with Gasteiger partial charge in [0.15, 0.2) is 0 Å². The first-order chi connectivity index (χ1) is 12.6. The van der Waals surface area contributed by atoms with Gasteiger partial charge < -0.3 is 15.4 Å². The van der Waals surface area contributed by atoms with E-state index in [9.17, 15) is 12.8 Å². The van der Waals surface area contributed by atoms with E-state index in [1.54, 1.807) is 12.1 Å². The number of hydrogen-bond donors (Lipinski definition) is 2. The number of nitrogens with two attached hydrogens (primary N) is 1. The van der Waals surface area contributed by atoms with Gasteiger partial charge in [-0.2, -0.15) is 0 Å². The highest BCUT2D eigenvalue weighted by Gasteiger charge is 2.27. The summed E-state index contributed by atoms with van der Waals surface area (Å²) in [5.74, 6) is -0.00218. The fraction of sp³-hybridized carbons (Fsp3) is 0.444. The molecular formula is C18H24FN3O4S. The number of halogens is 1. The van der Waals surface area contributed by atoms with Crippen LogP contribution in [0.3, 0.4) is 0 Å². The lowest BCUT2D eigenvalue weighted by Crippen LogP contribution is -2.24. The SMILES string of the molecule is CC(C)(CCS(=O)(=O)CCC/C(N)=N/O)c1coc(-c2ccc(F)cc2)n1. The van der Waals surface area contributed by atoms with Gasteiger partial charge in [0.25, 0.3) is 0 Å². The first-order valence-corrected chi connectivity index (χ1v) is 10.3. The van der Waals surface area contributed by atoms with E-state index < -0.39 is 15.3 Å². The Bertz CT molecular complexity index is 890. The molecule has 148 valence electrons. The zero-order valence-corrected chi connectivity index (χ0v) is 16.2. The van der Waals surface area contributed by atoms with E-state index in [0.29, 0.717) is 30.0 Å². The Morgan fingerprint density at radius 3 is 2.59 bits per heavy atom. The topological polar surface area (TPSA) is 119 Å². The third kappa shape index (κ3) is 6.06. The molecule has 0 spiro atoms. The molecule has 27 heavy (non-hydrogen) atoms. The minimum atomic E-state index is -3.27. The molecular weight excluding hydrogens is 373 g/mol. The number of oxazole rings is 1. The van der Waals surface area contributed by atoms with Crippen molar-refractivity contribution in [3.05, 3.63) is 42.0 Å². The zero-order valence-electron chi connectivity index (χ0n) is 15.4. The summed E-state index contributed by atoms with van der Waals surface area (Å²) in [4.78, 5) is 4.43. The maximum Gasteiger partial charge on any atom is 0.226 e. The van der Waals surface area contributed by atoms with Crippen molar-refractivity contribution in [2.45, 2.75) is 38.5 Å². The number of amidine groups is 1. The van der Waals surface area contributed by atoms with Gasteiger partial charge in [0, 0.05) is 17.4 Å². The summed E-state index contributed by atoms with van der Waals surface area (Å²) in [5, 5.41) is 11.3. The smallest absolute Gasteiger partial charge is 0.226 e. The third-order valence-corrected chi connectivity index (χ3v) is 6.08. The standard InChI is InChI=1S/C18H24FN3O4S/c1-18(2,9-11-27(24,25)10-3-4-16(20)22-23)15-12-26-17(21-15)13-5-7-14(19)8-6-13/h5-8,12,23H,3-4,9-11H2,1-2H3,(H2,20,22). The van der Waals surface area contributed by atoms with E-state index in [-0.39, 0.29) is 29.6 Å². The number of rotatable bonds is 9. The zero-order chi connectivity index (χ0) is 20.1. The van der Waals surface area contributed by atoms with Gasteiger partial charge in [0.1, 0.15) is 27.8 Å². The molecule has 0 saturated heterocycles. The molecule has 0 aliphatic heterocycles. The molecule has 1 aromatic carbocycles.